The highest BCUT2D eigenvalue weighted by Gasteiger charge is 2.11. The molecule has 96 valence electrons. The zero-order valence-electron chi connectivity index (χ0n) is 10.7. The Kier molecular flexibility index (Phi) is 3.92. The summed E-state index contributed by atoms with van der Waals surface area (Å²) in [6.45, 7) is 5.82. The van der Waals surface area contributed by atoms with Crippen molar-refractivity contribution in [3.63, 3.8) is 0 Å². The molecule has 1 heterocycles. The van der Waals surface area contributed by atoms with E-state index in [-0.39, 0.29) is 11.5 Å². The fraction of sp³-hybridized carbons (Fsp3) is 0.357. The van der Waals surface area contributed by atoms with E-state index >= 15 is 0 Å². The maximum absolute atomic E-state index is 5.92. The first-order valence-corrected chi connectivity index (χ1v) is 6.37. The Morgan fingerprint density at radius 1 is 1.28 bits per heavy atom. The van der Waals surface area contributed by atoms with Crippen LogP contribution in [-0.2, 0) is 0 Å². The number of halogens is 1. The van der Waals surface area contributed by atoms with E-state index in [4.69, 9.17) is 20.8 Å². The number of nitrogens with zero attached hydrogens (tertiary/aromatic N) is 1. The maximum atomic E-state index is 5.92. The highest BCUT2D eigenvalue weighted by atomic mass is 35.5. The Bertz CT molecular complexity index is 520. The lowest BCUT2D eigenvalue weighted by Crippen LogP contribution is -2.05. The lowest BCUT2D eigenvalue weighted by Gasteiger charge is -2.09. The van der Waals surface area contributed by atoms with Gasteiger partial charge >= 0.3 is 0 Å². The molecule has 0 radical (unpaired) electrons. The smallest absolute Gasteiger partial charge is 0.212 e. The summed E-state index contributed by atoms with van der Waals surface area (Å²) in [5.74, 6) is 2.05. The van der Waals surface area contributed by atoms with Gasteiger partial charge in [0.2, 0.25) is 5.89 Å². The van der Waals surface area contributed by atoms with Gasteiger partial charge in [-0.05, 0) is 32.9 Å². The van der Waals surface area contributed by atoms with E-state index in [1.54, 1.807) is 6.20 Å². The minimum atomic E-state index is -0.228. The number of rotatable bonds is 4. The van der Waals surface area contributed by atoms with E-state index in [1.807, 2.05) is 45.0 Å². The van der Waals surface area contributed by atoms with E-state index in [2.05, 4.69) is 4.98 Å². The Morgan fingerprint density at radius 2 is 2.06 bits per heavy atom. The number of ether oxygens (including phenoxy) is 1. The molecule has 2 rings (SSSR count). The van der Waals surface area contributed by atoms with Gasteiger partial charge in [0.25, 0.3) is 0 Å². The zero-order chi connectivity index (χ0) is 13.1. The molecule has 4 heteroatoms. The van der Waals surface area contributed by atoms with Crippen LogP contribution in [0.4, 0.5) is 0 Å². The number of benzene rings is 1. The predicted octanol–water partition coefficient (Wildman–Crippen LogP) is 4.43. The standard InChI is InChI=1S/C14H16ClNO2/c1-9(2)17-12-6-4-5-11(7-12)13-8-16-14(18-13)10(3)15/h4-10H,1-3H3. The molecule has 0 saturated heterocycles. The highest BCUT2D eigenvalue weighted by Crippen LogP contribution is 2.28. The summed E-state index contributed by atoms with van der Waals surface area (Å²) in [6.07, 6.45) is 1.83. The van der Waals surface area contributed by atoms with E-state index in [9.17, 15) is 0 Å². The summed E-state index contributed by atoms with van der Waals surface area (Å²) in [5.41, 5.74) is 0.934. The van der Waals surface area contributed by atoms with Crippen molar-refractivity contribution in [2.24, 2.45) is 0 Å². The van der Waals surface area contributed by atoms with Gasteiger partial charge in [0.05, 0.1) is 12.3 Å². The number of oxazole rings is 1. The molecule has 1 unspecified atom stereocenters. The summed E-state index contributed by atoms with van der Waals surface area (Å²) in [4.78, 5) is 4.14. The lowest BCUT2D eigenvalue weighted by molar-refractivity contribution is 0.242. The van der Waals surface area contributed by atoms with Crippen molar-refractivity contribution in [2.75, 3.05) is 0 Å². The largest absolute Gasteiger partial charge is 0.491 e. The monoisotopic (exact) mass is 265 g/mol. The van der Waals surface area contributed by atoms with Gasteiger partial charge in [0, 0.05) is 5.56 Å². The molecular formula is C14H16ClNO2. The fourth-order valence-electron chi connectivity index (χ4n) is 1.60. The molecule has 0 spiro atoms. The van der Waals surface area contributed by atoms with E-state index in [0.717, 1.165) is 11.3 Å². The second-order valence-corrected chi connectivity index (χ2v) is 5.03. The number of hydrogen-bond donors (Lipinski definition) is 0. The first-order valence-electron chi connectivity index (χ1n) is 5.93. The number of alkyl halides is 1. The van der Waals surface area contributed by atoms with Crippen LogP contribution in [0.5, 0.6) is 5.75 Å². The van der Waals surface area contributed by atoms with Crippen LogP contribution in [0.1, 0.15) is 32.0 Å². The maximum Gasteiger partial charge on any atom is 0.212 e. The third kappa shape index (κ3) is 3.05. The normalized spacial score (nSPS) is 12.7. The van der Waals surface area contributed by atoms with Gasteiger partial charge in [0.15, 0.2) is 5.76 Å². The van der Waals surface area contributed by atoms with Crippen LogP contribution in [0, 0.1) is 0 Å². The molecule has 1 aromatic carbocycles. The molecule has 0 aliphatic carbocycles. The molecule has 3 nitrogen and oxygen atoms in total. The van der Waals surface area contributed by atoms with Crippen LogP contribution >= 0.6 is 11.6 Å². The lowest BCUT2D eigenvalue weighted by atomic mass is 10.2. The highest BCUT2D eigenvalue weighted by molar-refractivity contribution is 6.20. The molecule has 1 aromatic heterocycles. The predicted molar refractivity (Wildman–Crippen MR) is 72.0 cm³/mol. The molecule has 0 N–H and O–H groups in total. The molecule has 0 aliphatic rings. The molecule has 0 bridgehead atoms. The molecule has 0 saturated carbocycles. The fourth-order valence-corrected chi connectivity index (χ4v) is 1.70. The summed E-state index contributed by atoms with van der Waals surface area (Å²) in [5, 5.41) is -0.228. The van der Waals surface area contributed by atoms with Gasteiger partial charge in [-0.15, -0.1) is 11.6 Å². The average molecular weight is 266 g/mol. The third-order valence-corrected chi connectivity index (χ3v) is 2.54. The molecule has 0 amide bonds. The Hall–Kier alpha value is -1.48. The average Bonchev–Trinajstić information content (AvgIpc) is 2.77. The van der Waals surface area contributed by atoms with Gasteiger partial charge in [0.1, 0.15) is 11.1 Å². The van der Waals surface area contributed by atoms with Crippen LogP contribution in [-0.4, -0.2) is 11.1 Å². The zero-order valence-corrected chi connectivity index (χ0v) is 11.4. The second-order valence-electron chi connectivity index (χ2n) is 4.37. The molecule has 0 fully saturated rings. The van der Waals surface area contributed by atoms with Gasteiger partial charge in [-0.3, -0.25) is 0 Å². The van der Waals surface area contributed by atoms with Crippen molar-refractivity contribution in [1.29, 1.82) is 0 Å². The second kappa shape index (κ2) is 5.44. The molecule has 18 heavy (non-hydrogen) atoms. The molecule has 2 aromatic rings. The Labute approximate surface area is 112 Å². The molecule has 0 aliphatic heterocycles. The van der Waals surface area contributed by atoms with Crippen molar-refractivity contribution in [3.8, 4) is 17.1 Å². The van der Waals surface area contributed by atoms with Crippen LogP contribution < -0.4 is 4.74 Å². The quantitative estimate of drug-likeness (QED) is 0.767. The van der Waals surface area contributed by atoms with Gasteiger partial charge < -0.3 is 9.15 Å². The number of hydrogen-bond acceptors (Lipinski definition) is 3. The summed E-state index contributed by atoms with van der Waals surface area (Å²) < 4.78 is 11.2. The topological polar surface area (TPSA) is 35.3 Å². The number of aromatic nitrogens is 1. The Balaban J connectivity index is 2.26. The summed E-state index contributed by atoms with van der Waals surface area (Å²) in [7, 11) is 0. The first kappa shape index (κ1) is 13.0. The van der Waals surface area contributed by atoms with Crippen LogP contribution in [0.3, 0.4) is 0 Å². The summed E-state index contributed by atoms with van der Waals surface area (Å²) in [6, 6.07) is 7.74. The Morgan fingerprint density at radius 3 is 2.67 bits per heavy atom. The van der Waals surface area contributed by atoms with Gasteiger partial charge in [-0.25, -0.2) is 4.98 Å². The first-order chi connectivity index (χ1) is 8.56. The van der Waals surface area contributed by atoms with Crippen molar-refractivity contribution < 1.29 is 9.15 Å². The SMILES string of the molecule is CC(C)Oc1cccc(-c2cnc(C(C)Cl)o2)c1. The van der Waals surface area contributed by atoms with Crippen molar-refractivity contribution in [2.45, 2.75) is 32.3 Å². The molecular weight excluding hydrogens is 250 g/mol. The van der Waals surface area contributed by atoms with Crippen LogP contribution in [0.25, 0.3) is 11.3 Å². The van der Waals surface area contributed by atoms with Gasteiger partial charge in [-0.1, -0.05) is 12.1 Å². The van der Waals surface area contributed by atoms with Crippen LogP contribution in [0.15, 0.2) is 34.9 Å². The van der Waals surface area contributed by atoms with Crippen molar-refractivity contribution >= 4 is 11.6 Å². The van der Waals surface area contributed by atoms with E-state index in [1.165, 1.54) is 0 Å². The third-order valence-electron chi connectivity index (χ3n) is 2.35. The van der Waals surface area contributed by atoms with Crippen LogP contribution in [0.2, 0.25) is 0 Å². The van der Waals surface area contributed by atoms with E-state index in [0.29, 0.717) is 11.7 Å². The van der Waals surface area contributed by atoms with Gasteiger partial charge in [-0.2, -0.15) is 0 Å². The molecule has 1 atom stereocenters. The van der Waals surface area contributed by atoms with E-state index < -0.39 is 0 Å². The summed E-state index contributed by atoms with van der Waals surface area (Å²) >= 11 is 5.92. The minimum absolute atomic E-state index is 0.147. The minimum Gasteiger partial charge on any atom is -0.491 e. The van der Waals surface area contributed by atoms with Crippen molar-refractivity contribution in [1.82, 2.24) is 4.98 Å². The van der Waals surface area contributed by atoms with Crippen molar-refractivity contribution in [3.05, 3.63) is 36.4 Å².